The molecule has 0 radical (unpaired) electrons. The van der Waals surface area contributed by atoms with Gasteiger partial charge in [0.25, 0.3) is 15.9 Å². The molecule has 0 spiro atoms. The van der Waals surface area contributed by atoms with E-state index in [9.17, 15) is 22.4 Å². The zero-order valence-electron chi connectivity index (χ0n) is 18.5. The van der Waals surface area contributed by atoms with Gasteiger partial charge in [-0.1, -0.05) is 6.92 Å². The number of hydrogen-bond donors (Lipinski definition) is 1. The van der Waals surface area contributed by atoms with Crippen LogP contribution in [0.3, 0.4) is 0 Å². The summed E-state index contributed by atoms with van der Waals surface area (Å²) in [6.07, 6.45) is 2.72. The second-order valence-corrected chi connectivity index (χ2v) is 11.9. The van der Waals surface area contributed by atoms with Gasteiger partial charge in [-0.05, 0) is 61.9 Å². The average molecular weight is 494 g/mol. The fourth-order valence-corrected chi connectivity index (χ4v) is 7.00. The molecule has 10 heteroatoms. The van der Waals surface area contributed by atoms with E-state index in [-0.39, 0.29) is 40.8 Å². The number of likely N-dealkylation sites (tertiary alicyclic amines) is 1. The fraction of sp³-hybridized carbons (Fsp3) is 0.478. The highest BCUT2D eigenvalue weighted by molar-refractivity contribution is 7.91. The number of halogens is 1. The normalized spacial score (nSPS) is 18.9. The zero-order valence-corrected chi connectivity index (χ0v) is 20.1. The minimum atomic E-state index is -3.72. The number of anilines is 1. The third kappa shape index (κ3) is 5.44. The predicted molar refractivity (Wildman–Crippen MR) is 125 cm³/mol. The van der Waals surface area contributed by atoms with Crippen LogP contribution in [0.25, 0.3) is 0 Å². The highest BCUT2D eigenvalue weighted by Gasteiger charge is 2.33. The van der Waals surface area contributed by atoms with Crippen molar-refractivity contribution < 1.29 is 22.4 Å². The first-order valence-electron chi connectivity index (χ1n) is 11.2. The lowest BCUT2D eigenvalue weighted by molar-refractivity contribution is -0.120. The smallest absolute Gasteiger partial charge is 0.254 e. The van der Waals surface area contributed by atoms with Crippen molar-refractivity contribution in [1.82, 2.24) is 9.21 Å². The molecule has 2 aromatic rings. The van der Waals surface area contributed by atoms with Gasteiger partial charge in [-0.15, -0.1) is 11.3 Å². The number of hydrogen-bond acceptors (Lipinski definition) is 5. The number of nitrogens with one attached hydrogen (secondary N) is 1. The first-order valence-corrected chi connectivity index (χ1v) is 13.5. The first-order chi connectivity index (χ1) is 15.7. The Morgan fingerprint density at radius 2 is 1.67 bits per heavy atom. The summed E-state index contributed by atoms with van der Waals surface area (Å²) < 4.78 is 40.8. The van der Waals surface area contributed by atoms with Crippen LogP contribution >= 0.6 is 11.3 Å². The molecule has 0 unspecified atom stereocenters. The van der Waals surface area contributed by atoms with Crippen LogP contribution in [0, 0.1) is 17.7 Å². The molecule has 2 aliphatic rings. The maximum absolute atomic E-state index is 13.1. The topological polar surface area (TPSA) is 86.8 Å². The van der Waals surface area contributed by atoms with E-state index in [1.807, 2.05) is 0 Å². The number of nitrogens with zero attached hydrogens (tertiary/aromatic N) is 2. The van der Waals surface area contributed by atoms with Crippen LogP contribution in [-0.2, 0) is 14.8 Å². The fourth-order valence-electron chi connectivity index (χ4n) is 4.22. The minimum Gasteiger partial charge on any atom is -0.339 e. The van der Waals surface area contributed by atoms with Gasteiger partial charge in [0.05, 0.1) is 5.56 Å². The third-order valence-corrected chi connectivity index (χ3v) is 9.74. The van der Waals surface area contributed by atoms with E-state index >= 15 is 0 Å². The van der Waals surface area contributed by atoms with Gasteiger partial charge in [0.2, 0.25) is 5.91 Å². The molecule has 0 saturated carbocycles. The number of sulfonamides is 1. The summed E-state index contributed by atoms with van der Waals surface area (Å²) in [5, 5.41) is 4.38. The van der Waals surface area contributed by atoms with Gasteiger partial charge < -0.3 is 10.2 Å². The SMILES string of the molecule is CC1CCN(C(=O)c2csc(S(=O)(=O)N3CCC(C(=O)Nc4ccc(F)cc4)CC3)c2)CC1. The molecule has 2 saturated heterocycles. The molecule has 7 nitrogen and oxygen atoms in total. The molecule has 1 N–H and O–H groups in total. The number of amides is 2. The Hall–Kier alpha value is -2.30. The van der Waals surface area contributed by atoms with Crippen molar-refractivity contribution in [2.75, 3.05) is 31.5 Å². The van der Waals surface area contributed by atoms with Crippen molar-refractivity contribution in [2.24, 2.45) is 11.8 Å². The Bertz CT molecular complexity index is 1100. The van der Waals surface area contributed by atoms with E-state index in [1.165, 1.54) is 34.6 Å². The van der Waals surface area contributed by atoms with Crippen molar-refractivity contribution in [1.29, 1.82) is 0 Å². The summed E-state index contributed by atoms with van der Waals surface area (Å²) in [7, 11) is -3.72. The van der Waals surface area contributed by atoms with Crippen molar-refractivity contribution in [3.05, 3.63) is 47.1 Å². The third-order valence-electron chi connectivity index (χ3n) is 6.42. The number of carbonyl (C=O) groups excluding carboxylic acids is 2. The lowest BCUT2D eigenvalue weighted by atomic mass is 9.97. The van der Waals surface area contributed by atoms with Crippen LogP contribution in [-0.4, -0.2) is 55.6 Å². The van der Waals surface area contributed by atoms with E-state index in [0.717, 1.165) is 24.2 Å². The molecule has 1 aromatic carbocycles. The molecule has 3 heterocycles. The van der Waals surface area contributed by atoms with Crippen LogP contribution in [0.2, 0.25) is 0 Å². The molecule has 2 aliphatic heterocycles. The van der Waals surface area contributed by atoms with E-state index in [4.69, 9.17) is 0 Å². The predicted octanol–water partition coefficient (Wildman–Crippen LogP) is 3.80. The lowest BCUT2D eigenvalue weighted by Gasteiger charge is -2.30. The zero-order chi connectivity index (χ0) is 23.6. The summed E-state index contributed by atoms with van der Waals surface area (Å²) in [5.74, 6) is -0.401. The maximum atomic E-state index is 13.1. The van der Waals surface area contributed by atoms with Gasteiger partial charge in [0, 0.05) is 43.2 Å². The van der Waals surface area contributed by atoms with Crippen LogP contribution in [0.4, 0.5) is 10.1 Å². The molecule has 2 amide bonds. The van der Waals surface area contributed by atoms with Gasteiger partial charge in [-0.25, -0.2) is 12.8 Å². The first kappa shape index (κ1) is 23.8. The van der Waals surface area contributed by atoms with E-state index in [0.29, 0.717) is 43.1 Å². The molecule has 0 bridgehead atoms. The number of rotatable bonds is 5. The number of piperidine rings is 2. The van der Waals surface area contributed by atoms with Crippen molar-refractivity contribution >= 4 is 38.9 Å². The molecule has 0 aliphatic carbocycles. The molecule has 1 aromatic heterocycles. The van der Waals surface area contributed by atoms with E-state index in [2.05, 4.69) is 12.2 Å². The molecule has 178 valence electrons. The minimum absolute atomic E-state index is 0.115. The largest absolute Gasteiger partial charge is 0.339 e. The second-order valence-electron chi connectivity index (χ2n) is 8.80. The van der Waals surface area contributed by atoms with Crippen LogP contribution < -0.4 is 5.32 Å². The van der Waals surface area contributed by atoms with E-state index < -0.39 is 10.0 Å². The van der Waals surface area contributed by atoms with Gasteiger partial charge in [0.1, 0.15) is 10.0 Å². The van der Waals surface area contributed by atoms with Gasteiger partial charge >= 0.3 is 0 Å². The van der Waals surface area contributed by atoms with Gasteiger partial charge in [-0.2, -0.15) is 4.31 Å². The van der Waals surface area contributed by atoms with Gasteiger partial charge in [0.15, 0.2) is 0 Å². The van der Waals surface area contributed by atoms with Gasteiger partial charge in [-0.3, -0.25) is 9.59 Å². The highest BCUT2D eigenvalue weighted by atomic mass is 32.2. The highest BCUT2D eigenvalue weighted by Crippen LogP contribution is 2.29. The number of carbonyl (C=O) groups is 2. The average Bonchev–Trinajstić information content (AvgIpc) is 3.32. The summed E-state index contributed by atoms with van der Waals surface area (Å²) in [6.45, 7) is 4.04. The van der Waals surface area contributed by atoms with Crippen LogP contribution in [0.1, 0.15) is 43.0 Å². The molecule has 0 atom stereocenters. The molecule has 4 rings (SSSR count). The monoisotopic (exact) mass is 493 g/mol. The standard InChI is InChI=1S/C23H28FN3O4S2/c1-16-6-10-26(11-7-16)23(29)18-14-21(32-15-18)33(30,31)27-12-8-17(9-13-27)22(28)25-20-4-2-19(24)3-5-20/h2-5,14-17H,6-13H2,1H3,(H,25,28). The van der Waals surface area contributed by atoms with Crippen molar-refractivity contribution in [3.63, 3.8) is 0 Å². The van der Waals surface area contributed by atoms with Crippen LogP contribution in [0.5, 0.6) is 0 Å². The number of benzene rings is 1. The van der Waals surface area contributed by atoms with Crippen LogP contribution in [0.15, 0.2) is 39.9 Å². The summed E-state index contributed by atoms with van der Waals surface area (Å²) in [4.78, 5) is 27.1. The second kappa shape index (κ2) is 9.90. The Kier molecular flexibility index (Phi) is 7.16. The lowest BCUT2D eigenvalue weighted by Crippen LogP contribution is -2.41. The number of thiophene rings is 1. The van der Waals surface area contributed by atoms with Crippen molar-refractivity contribution in [2.45, 2.75) is 36.8 Å². The Morgan fingerprint density at radius 3 is 2.30 bits per heavy atom. The Labute approximate surface area is 197 Å². The molecule has 2 fully saturated rings. The maximum Gasteiger partial charge on any atom is 0.254 e. The Morgan fingerprint density at radius 1 is 1.03 bits per heavy atom. The summed E-state index contributed by atoms with van der Waals surface area (Å²) >= 11 is 1.07. The van der Waals surface area contributed by atoms with E-state index in [1.54, 1.807) is 10.3 Å². The quantitative estimate of drug-likeness (QED) is 0.687. The Balaban J connectivity index is 1.35. The summed E-state index contributed by atoms with van der Waals surface area (Å²) in [6, 6.07) is 7.01. The summed E-state index contributed by atoms with van der Waals surface area (Å²) in [5.41, 5.74) is 0.928. The van der Waals surface area contributed by atoms with Crippen molar-refractivity contribution in [3.8, 4) is 0 Å². The molecular weight excluding hydrogens is 465 g/mol. The molecular formula is C23H28FN3O4S2. The molecule has 33 heavy (non-hydrogen) atoms.